The lowest BCUT2D eigenvalue weighted by Crippen LogP contribution is -2.36. The molecule has 1 aliphatic heterocycles. The number of para-hydroxylation sites is 4. The van der Waals surface area contributed by atoms with E-state index < -0.39 is 0 Å². The monoisotopic (exact) mass is 355 g/mol. The predicted octanol–water partition coefficient (Wildman–Crippen LogP) is 4.71. The van der Waals surface area contributed by atoms with E-state index in [1.807, 2.05) is 18.2 Å². The first kappa shape index (κ1) is 15.9. The normalized spacial score (nSPS) is 16.2. The van der Waals surface area contributed by atoms with Gasteiger partial charge in [0.25, 0.3) is 0 Å². The first-order valence-electron chi connectivity index (χ1n) is 9.25. The molecule has 0 saturated carbocycles. The molecule has 4 aromatic rings. The van der Waals surface area contributed by atoms with E-state index in [2.05, 4.69) is 77.2 Å². The van der Waals surface area contributed by atoms with Crippen LogP contribution < -0.4 is 9.64 Å². The Kier molecular flexibility index (Phi) is 3.82. The second-order valence-electron chi connectivity index (χ2n) is 6.91. The first-order valence-corrected chi connectivity index (χ1v) is 9.25. The maximum Gasteiger partial charge on any atom is 0.142 e. The summed E-state index contributed by atoms with van der Waals surface area (Å²) in [6.07, 6.45) is 0. The topological polar surface area (TPSA) is 30.3 Å². The van der Waals surface area contributed by atoms with E-state index in [4.69, 9.17) is 9.72 Å². The molecule has 0 amide bonds. The highest BCUT2D eigenvalue weighted by atomic mass is 16.5. The van der Waals surface area contributed by atoms with E-state index in [0.29, 0.717) is 6.61 Å². The standard InChI is InChI=1S/C23H21N3O/c1-25-19-12-6-5-11-18(19)24-23(25)15-26-20-13-7-8-14-22(20)27-16-21(26)17-9-3-2-4-10-17/h2-14,21H,15-16H2,1H3. The summed E-state index contributed by atoms with van der Waals surface area (Å²) >= 11 is 0. The Morgan fingerprint density at radius 2 is 1.67 bits per heavy atom. The molecular formula is C23H21N3O. The zero-order valence-electron chi connectivity index (χ0n) is 15.2. The Labute approximate surface area is 158 Å². The van der Waals surface area contributed by atoms with Gasteiger partial charge in [0.15, 0.2) is 0 Å². The van der Waals surface area contributed by atoms with Gasteiger partial charge < -0.3 is 14.2 Å². The molecule has 4 nitrogen and oxygen atoms in total. The molecule has 134 valence electrons. The van der Waals surface area contributed by atoms with Gasteiger partial charge in [0.2, 0.25) is 0 Å². The van der Waals surface area contributed by atoms with Gasteiger partial charge in [-0.25, -0.2) is 4.98 Å². The quantitative estimate of drug-likeness (QED) is 0.533. The third kappa shape index (κ3) is 2.74. The Morgan fingerprint density at radius 3 is 2.52 bits per heavy atom. The molecule has 0 N–H and O–H groups in total. The molecule has 3 aromatic carbocycles. The van der Waals surface area contributed by atoms with Crippen LogP contribution in [0.15, 0.2) is 78.9 Å². The highest BCUT2D eigenvalue weighted by molar-refractivity contribution is 5.76. The highest BCUT2D eigenvalue weighted by Crippen LogP contribution is 2.40. The fraction of sp³-hybridized carbons (Fsp3) is 0.174. The summed E-state index contributed by atoms with van der Waals surface area (Å²) in [4.78, 5) is 7.30. The fourth-order valence-corrected chi connectivity index (χ4v) is 3.88. The molecule has 5 rings (SSSR count). The summed E-state index contributed by atoms with van der Waals surface area (Å²) in [5.74, 6) is 1.98. The van der Waals surface area contributed by atoms with Gasteiger partial charge >= 0.3 is 0 Å². The van der Waals surface area contributed by atoms with Crippen molar-refractivity contribution in [1.29, 1.82) is 0 Å². The first-order chi connectivity index (χ1) is 13.3. The molecule has 2 heterocycles. The number of hydrogen-bond donors (Lipinski definition) is 0. The number of nitrogens with zero attached hydrogens (tertiary/aromatic N) is 3. The second kappa shape index (κ2) is 6.47. The average molecular weight is 355 g/mol. The lowest BCUT2D eigenvalue weighted by molar-refractivity contribution is 0.261. The number of aryl methyl sites for hydroxylation is 1. The number of imidazole rings is 1. The molecule has 1 unspecified atom stereocenters. The molecule has 0 aliphatic carbocycles. The highest BCUT2D eigenvalue weighted by Gasteiger charge is 2.29. The maximum atomic E-state index is 6.08. The zero-order chi connectivity index (χ0) is 18.2. The maximum absolute atomic E-state index is 6.08. The smallest absolute Gasteiger partial charge is 0.142 e. The number of ether oxygens (including phenoxy) is 1. The van der Waals surface area contributed by atoms with Crippen molar-refractivity contribution in [3.63, 3.8) is 0 Å². The van der Waals surface area contributed by atoms with Crippen LogP contribution in [-0.2, 0) is 13.6 Å². The van der Waals surface area contributed by atoms with Crippen LogP contribution >= 0.6 is 0 Å². The van der Waals surface area contributed by atoms with Gasteiger partial charge in [-0.2, -0.15) is 0 Å². The van der Waals surface area contributed by atoms with Gasteiger partial charge in [-0.05, 0) is 29.8 Å². The average Bonchev–Trinajstić information content (AvgIpc) is 3.05. The van der Waals surface area contributed by atoms with Crippen LogP contribution in [0.4, 0.5) is 5.69 Å². The van der Waals surface area contributed by atoms with Gasteiger partial charge in [0.1, 0.15) is 18.2 Å². The number of rotatable bonds is 3. The van der Waals surface area contributed by atoms with Crippen LogP contribution in [0.3, 0.4) is 0 Å². The van der Waals surface area contributed by atoms with Crippen molar-refractivity contribution in [3.05, 3.63) is 90.3 Å². The van der Waals surface area contributed by atoms with Crippen LogP contribution in [0.1, 0.15) is 17.4 Å². The van der Waals surface area contributed by atoms with Crippen LogP contribution in [-0.4, -0.2) is 16.2 Å². The number of fused-ring (bicyclic) bond motifs is 2. The van der Waals surface area contributed by atoms with Crippen LogP contribution in [0.2, 0.25) is 0 Å². The molecule has 4 heteroatoms. The molecule has 0 radical (unpaired) electrons. The summed E-state index contributed by atoms with van der Waals surface area (Å²) in [6, 6.07) is 27.3. The molecular weight excluding hydrogens is 334 g/mol. The molecule has 1 atom stereocenters. The number of benzene rings is 3. The van der Waals surface area contributed by atoms with E-state index in [1.54, 1.807) is 0 Å². The lowest BCUT2D eigenvalue weighted by Gasteiger charge is -2.38. The Morgan fingerprint density at radius 1 is 0.926 bits per heavy atom. The SMILES string of the molecule is Cn1c(CN2c3ccccc3OCC2c2ccccc2)nc2ccccc21. The largest absolute Gasteiger partial charge is 0.489 e. The predicted molar refractivity (Wildman–Crippen MR) is 108 cm³/mol. The molecule has 0 spiro atoms. The van der Waals surface area contributed by atoms with E-state index in [0.717, 1.165) is 34.8 Å². The minimum absolute atomic E-state index is 0.154. The van der Waals surface area contributed by atoms with Crippen LogP contribution in [0, 0.1) is 0 Å². The van der Waals surface area contributed by atoms with Crippen molar-refractivity contribution in [2.75, 3.05) is 11.5 Å². The number of hydrogen-bond acceptors (Lipinski definition) is 3. The minimum Gasteiger partial charge on any atom is -0.489 e. The van der Waals surface area contributed by atoms with Crippen LogP contribution in [0.25, 0.3) is 11.0 Å². The van der Waals surface area contributed by atoms with E-state index in [-0.39, 0.29) is 6.04 Å². The van der Waals surface area contributed by atoms with E-state index in [1.165, 1.54) is 5.56 Å². The van der Waals surface area contributed by atoms with Gasteiger partial charge in [0.05, 0.1) is 29.3 Å². The molecule has 0 saturated heterocycles. The summed E-state index contributed by atoms with van der Waals surface area (Å²) < 4.78 is 8.27. The Bertz CT molecular complexity index is 1090. The summed E-state index contributed by atoms with van der Waals surface area (Å²) in [5.41, 5.74) is 4.56. The van der Waals surface area contributed by atoms with E-state index in [9.17, 15) is 0 Å². The van der Waals surface area contributed by atoms with Crippen molar-refractivity contribution in [2.45, 2.75) is 12.6 Å². The molecule has 1 aromatic heterocycles. The summed E-state index contributed by atoms with van der Waals surface area (Å²) in [5, 5.41) is 0. The van der Waals surface area contributed by atoms with Gasteiger partial charge in [0, 0.05) is 7.05 Å². The summed E-state index contributed by atoms with van der Waals surface area (Å²) in [6.45, 7) is 1.36. The fourth-order valence-electron chi connectivity index (χ4n) is 3.88. The lowest BCUT2D eigenvalue weighted by atomic mass is 10.0. The van der Waals surface area contributed by atoms with Crippen molar-refractivity contribution in [3.8, 4) is 5.75 Å². The van der Waals surface area contributed by atoms with Gasteiger partial charge in [-0.1, -0.05) is 54.6 Å². The third-order valence-electron chi connectivity index (χ3n) is 5.32. The summed E-state index contributed by atoms with van der Waals surface area (Å²) in [7, 11) is 2.09. The zero-order valence-corrected chi connectivity index (χ0v) is 15.2. The molecule has 1 aliphatic rings. The second-order valence-corrected chi connectivity index (χ2v) is 6.91. The molecule has 0 fully saturated rings. The molecule has 0 bridgehead atoms. The van der Waals surface area contributed by atoms with Crippen molar-refractivity contribution >= 4 is 16.7 Å². The minimum atomic E-state index is 0.154. The number of anilines is 1. The Hall–Kier alpha value is -3.27. The van der Waals surface area contributed by atoms with E-state index >= 15 is 0 Å². The van der Waals surface area contributed by atoms with Gasteiger partial charge in [-0.15, -0.1) is 0 Å². The third-order valence-corrected chi connectivity index (χ3v) is 5.32. The van der Waals surface area contributed by atoms with Crippen molar-refractivity contribution < 1.29 is 4.74 Å². The van der Waals surface area contributed by atoms with Crippen molar-refractivity contribution in [2.24, 2.45) is 7.05 Å². The van der Waals surface area contributed by atoms with Crippen LogP contribution in [0.5, 0.6) is 5.75 Å². The molecule has 27 heavy (non-hydrogen) atoms. The van der Waals surface area contributed by atoms with Gasteiger partial charge in [-0.3, -0.25) is 0 Å². The number of aromatic nitrogens is 2. The Balaban J connectivity index is 1.60. The van der Waals surface area contributed by atoms with Crippen molar-refractivity contribution in [1.82, 2.24) is 9.55 Å².